The first-order valence-electron chi connectivity index (χ1n) is 9.10. The lowest BCUT2D eigenvalue weighted by atomic mass is 10.2. The van der Waals surface area contributed by atoms with Crippen LogP contribution in [0.25, 0.3) is 0 Å². The van der Waals surface area contributed by atoms with Crippen LogP contribution in [0, 0.1) is 0 Å². The maximum atomic E-state index is 12.5. The fourth-order valence-corrected chi connectivity index (χ4v) is 2.86. The number of amides is 3. The number of rotatable bonds is 4. The SMILES string of the molecule is O=C(Nc1ccccc1)Nc1cccc(NC(=O)[C@H]2COc3ccccc3O2)c1. The van der Waals surface area contributed by atoms with Gasteiger partial charge in [0.1, 0.15) is 6.61 Å². The van der Waals surface area contributed by atoms with Crippen molar-refractivity contribution in [2.24, 2.45) is 0 Å². The van der Waals surface area contributed by atoms with Gasteiger partial charge in [-0.05, 0) is 42.5 Å². The van der Waals surface area contributed by atoms with Crippen LogP contribution >= 0.6 is 0 Å². The average Bonchev–Trinajstić information content (AvgIpc) is 2.74. The molecule has 0 spiro atoms. The van der Waals surface area contributed by atoms with Crippen molar-refractivity contribution in [2.45, 2.75) is 6.10 Å². The van der Waals surface area contributed by atoms with Crippen LogP contribution in [0.3, 0.4) is 0 Å². The van der Waals surface area contributed by atoms with Gasteiger partial charge in [0, 0.05) is 17.1 Å². The Bertz CT molecular complexity index is 1020. The molecule has 0 radical (unpaired) electrons. The number of hydrogen-bond donors (Lipinski definition) is 3. The number of hydrogen-bond acceptors (Lipinski definition) is 4. The van der Waals surface area contributed by atoms with E-state index in [4.69, 9.17) is 9.47 Å². The van der Waals surface area contributed by atoms with Gasteiger partial charge in [0.05, 0.1) is 0 Å². The summed E-state index contributed by atoms with van der Waals surface area (Å²) in [6.45, 7) is 0.125. The normalized spacial score (nSPS) is 14.6. The largest absolute Gasteiger partial charge is 0.485 e. The highest BCUT2D eigenvalue weighted by Gasteiger charge is 2.27. The van der Waals surface area contributed by atoms with Gasteiger partial charge in [0.15, 0.2) is 11.5 Å². The predicted molar refractivity (Wildman–Crippen MR) is 111 cm³/mol. The third kappa shape index (κ3) is 4.65. The second-order valence-corrected chi connectivity index (χ2v) is 6.38. The molecule has 0 unspecified atom stereocenters. The number of carbonyl (C=O) groups is 2. The Morgan fingerprint density at radius 1 is 0.724 bits per heavy atom. The van der Waals surface area contributed by atoms with Crippen molar-refractivity contribution in [3.05, 3.63) is 78.9 Å². The van der Waals surface area contributed by atoms with Crippen LogP contribution in [-0.2, 0) is 4.79 Å². The molecule has 0 saturated carbocycles. The zero-order valence-electron chi connectivity index (χ0n) is 15.4. The number of ether oxygens (including phenoxy) is 2. The Balaban J connectivity index is 1.36. The number of anilines is 3. The second-order valence-electron chi connectivity index (χ2n) is 6.38. The number of carbonyl (C=O) groups excluding carboxylic acids is 2. The van der Waals surface area contributed by atoms with E-state index in [2.05, 4.69) is 16.0 Å². The summed E-state index contributed by atoms with van der Waals surface area (Å²) in [7, 11) is 0. The molecule has 7 nitrogen and oxygen atoms in total. The third-order valence-corrected chi connectivity index (χ3v) is 4.22. The summed E-state index contributed by atoms with van der Waals surface area (Å²) >= 11 is 0. The lowest BCUT2D eigenvalue weighted by Crippen LogP contribution is -2.40. The van der Waals surface area contributed by atoms with Crippen molar-refractivity contribution < 1.29 is 19.1 Å². The molecule has 0 aliphatic carbocycles. The fourth-order valence-electron chi connectivity index (χ4n) is 2.86. The van der Waals surface area contributed by atoms with Crippen LogP contribution in [0.4, 0.5) is 21.9 Å². The average molecular weight is 389 g/mol. The zero-order chi connectivity index (χ0) is 20.1. The predicted octanol–water partition coefficient (Wildman–Crippen LogP) is 4.11. The molecule has 0 bridgehead atoms. The van der Waals surface area contributed by atoms with E-state index in [0.29, 0.717) is 28.6 Å². The van der Waals surface area contributed by atoms with Gasteiger partial charge in [-0.25, -0.2) is 4.79 Å². The molecule has 1 heterocycles. The fraction of sp³-hybridized carbons (Fsp3) is 0.0909. The molecule has 0 fully saturated rings. The minimum atomic E-state index is -0.761. The van der Waals surface area contributed by atoms with Crippen molar-refractivity contribution in [1.29, 1.82) is 0 Å². The number of para-hydroxylation sites is 3. The van der Waals surface area contributed by atoms with Crippen LogP contribution in [-0.4, -0.2) is 24.6 Å². The first-order chi connectivity index (χ1) is 14.2. The molecule has 1 aliphatic rings. The topological polar surface area (TPSA) is 88.7 Å². The molecule has 3 N–H and O–H groups in total. The van der Waals surface area contributed by atoms with Gasteiger partial charge >= 0.3 is 6.03 Å². The Kier molecular flexibility index (Phi) is 5.29. The maximum absolute atomic E-state index is 12.5. The van der Waals surface area contributed by atoms with Crippen molar-refractivity contribution in [3.8, 4) is 11.5 Å². The van der Waals surface area contributed by atoms with Crippen LogP contribution in [0.2, 0.25) is 0 Å². The smallest absolute Gasteiger partial charge is 0.323 e. The highest BCUT2D eigenvalue weighted by atomic mass is 16.6. The Morgan fingerprint density at radius 3 is 2.14 bits per heavy atom. The number of fused-ring (bicyclic) bond motifs is 1. The van der Waals surface area contributed by atoms with E-state index < -0.39 is 6.10 Å². The molecule has 3 aromatic carbocycles. The number of urea groups is 1. The lowest BCUT2D eigenvalue weighted by Gasteiger charge is -2.25. The van der Waals surface area contributed by atoms with Gasteiger partial charge in [-0.3, -0.25) is 4.79 Å². The minimum Gasteiger partial charge on any atom is -0.485 e. The summed E-state index contributed by atoms with van der Waals surface area (Å²) in [4.78, 5) is 24.7. The Hall–Kier alpha value is -4.00. The molecule has 4 rings (SSSR count). The molecule has 3 amide bonds. The quantitative estimate of drug-likeness (QED) is 0.627. The summed E-state index contributed by atoms with van der Waals surface area (Å²) in [5.74, 6) is 0.824. The summed E-state index contributed by atoms with van der Waals surface area (Å²) in [6, 6.07) is 22.8. The molecule has 1 aliphatic heterocycles. The van der Waals surface area contributed by atoms with E-state index in [1.165, 1.54) is 0 Å². The molecule has 7 heteroatoms. The van der Waals surface area contributed by atoms with Crippen LogP contribution in [0.15, 0.2) is 78.9 Å². The maximum Gasteiger partial charge on any atom is 0.323 e. The van der Waals surface area contributed by atoms with E-state index in [1.54, 1.807) is 48.5 Å². The standard InChI is InChI=1S/C22H19N3O4/c26-21(20-14-28-18-11-4-5-12-19(18)29-20)23-16-9-6-10-17(13-16)25-22(27)24-15-7-2-1-3-8-15/h1-13,20H,14H2,(H,23,26)(H2,24,25,27)/t20-/m1/s1. The van der Waals surface area contributed by atoms with Crippen molar-refractivity contribution in [1.82, 2.24) is 0 Å². The highest BCUT2D eigenvalue weighted by molar-refractivity contribution is 6.00. The monoisotopic (exact) mass is 389 g/mol. The summed E-state index contributed by atoms with van der Waals surface area (Å²) in [5, 5.41) is 8.27. The van der Waals surface area contributed by atoms with Crippen molar-refractivity contribution >= 4 is 29.0 Å². The molecular formula is C22H19N3O4. The third-order valence-electron chi connectivity index (χ3n) is 4.22. The highest BCUT2D eigenvalue weighted by Crippen LogP contribution is 2.31. The molecule has 0 saturated heterocycles. The van der Waals surface area contributed by atoms with E-state index in [9.17, 15) is 9.59 Å². The van der Waals surface area contributed by atoms with Crippen LogP contribution in [0.5, 0.6) is 11.5 Å². The Labute approximate surface area is 167 Å². The van der Waals surface area contributed by atoms with Gasteiger partial charge in [0.2, 0.25) is 6.10 Å². The van der Waals surface area contributed by atoms with E-state index in [1.807, 2.05) is 30.3 Å². The van der Waals surface area contributed by atoms with Crippen LogP contribution in [0.1, 0.15) is 0 Å². The summed E-state index contributed by atoms with van der Waals surface area (Å²) in [5.41, 5.74) is 1.77. The molecular weight excluding hydrogens is 370 g/mol. The number of benzene rings is 3. The molecule has 29 heavy (non-hydrogen) atoms. The number of nitrogens with one attached hydrogen (secondary N) is 3. The van der Waals surface area contributed by atoms with Gasteiger partial charge in [-0.2, -0.15) is 0 Å². The van der Waals surface area contributed by atoms with E-state index in [0.717, 1.165) is 0 Å². The second kappa shape index (κ2) is 8.35. The van der Waals surface area contributed by atoms with Gasteiger partial charge < -0.3 is 25.4 Å². The Morgan fingerprint density at radius 2 is 1.34 bits per heavy atom. The molecule has 146 valence electrons. The summed E-state index contributed by atoms with van der Waals surface area (Å²) in [6.07, 6.45) is -0.761. The molecule has 3 aromatic rings. The lowest BCUT2D eigenvalue weighted by molar-refractivity contribution is -0.125. The zero-order valence-corrected chi connectivity index (χ0v) is 15.4. The first-order valence-corrected chi connectivity index (χ1v) is 9.10. The first kappa shape index (κ1) is 18.4. The van der Waals surface area contributed by atoms with Crippen LogP contribution < -0.4 is 25.4 Å². The molecule has 0 aromatic heterocycles. The van der Waals surface area contributed by atoms with Crippen molar-refractivity contribution in [2.75, 3.05) is 22.6 Å². The van der Waals surface area contributed by atoms with E-state index >= 15 is 0 Å². The van der Waals surface area contributed by atoms with Gasteiger partial charge in [0.25, 0.3) is 5.91 Å². The van der Waals surface area contributed by atoms with E-state index in [-0.39, 0.29) is 18.5 Å². The van der Waals surface area contributed by atoms with Crippen molar-refractivity contribution in [3.63, 3.8) is 0 Å². The molecule has 1 atom stereocenters. The van der Waals surface area contributed by atoms with Gasteiger partial charge in [-0.1, -0.05) is 36.4 Å². The summed E-state index contributed by atoms with van der Waals surface area (Å²) < 4.78 is 11.3. The minimum absolute atomic E-state index is 0.125. The van der Waals surface area contributed by atoms with Gasteiger partial charge in [-0.15, -0.1) is 0 Å².